The molecule has 0 spiro atoms. The molecule has 1 unspecified atom stereocenters. The summed E-state index contributed by atoms with van der Waals surface area (Å²) in [6, 6.07) is 3.58. The van der Waals surface area contributed by atoms with Crippen molar-refractivity contribution in [3.8, 4) is 5.75 Å². The number of aryl methyl sites for hydroxylation is 1. The lowest BCUT2D eigenvalue weighted by molar-refractivity contribution is -0.138. The lowest BCUT2D eigenvalue weighted by atomic mass is 9.97. The van der Waals surface area contributed by atoms with E-state index < -0.39 is 11.9 Å². The van der Waals surface area contributed by atoms with Gasteiger partial charge in [-0.25, -0.2) is 0 Å². The number of ether oxygens (including phenoxy) is 1. The van der Waals surface area contributed by atoms with Gasteiger partial charge in [0.1, 0.15) is 5.75 Å². The van der Waals surface area contributed by atoms with Gasteiger partial charge < -0.3 is 15.6 Å². The van der Waals surface area contributed by atoms with Crippen LogP contribution in [0.5, 0.6) is 5.75 Å². The highest BCUT2D eigenvalue weighted by Gasteiger charge is 2.23. The Morgan fingerprint density at radius 1 is 1.62 bits per heavy atom. The molecule has 0 amide bonds. The Balaban J connectivity index is 3.32. The van der Waals surface area contributed by atoms with Crippen LogP contribution in [0.3, 0.4) is 0 Å². The summed E-state index contributed by atoms with van der Waals surface area (Å²) in [7, 11) is 1.51. The third-order valence-electron chi connectivity index (χ3n) is 2.43. The van der Waals surface area contributed by atoms with Gasteiger partial charge in [-0.3, -0.25) is 4.79 Å². The van der Waals surface area contributed by atoms with Gasteiger partial charge in [-0.15, -0.1) is 0 Å². The Morgan fingerprint density at radius 3 is 2.69 bits per heavy atom. The molecule has 4 nitrogen and oxygen atoms in total. The third-order valence-corrected chi connectivity index (χ3v) is 3.42. The number of rotatable bonds is 4. The fourth-order valence-electron chi connectivity index (χ4n) is 1.51. The van der Waals surface area contributed by atoms with E-state index in [9.17, 15) is 4.79 Å². The number of carboxylic acids is 1. The number of hydrogen-bond donors (Lipinski definition) is 2. The lowest BCUT2D eigenvalue weighted by Crippen LogP contribution is -2.21. The zero-order valence-electron chi connectivity index (χ0n) is 9.16. The fraction of sp³-hybridized carbons (Fsp3) is 0.364. The van der Waals surface area contributed by atoms with Crippen LogP contribution >= 0.6 is 15.9 Å². The second-order valence-corrected chi connectivity index (χ2v) is 4.24. The predicted octanol–water partition coefficient (Wildman–Crippen LogP) is 1.89. The molecule has 0 saturated carbocycles. The summed E-state index contributed by atoms with van der Waals surface area (Å²) in [6.07, 6.45) is 0. The molecule has 3 N–H and O–H groups in total. The van der Waals surface area contributed by atoms with Crippen molar-refractivity contribution >= 4 is 21.9 Å². The topological polar surface area (TPSA) is 72.5 Å². The van der Waals surface area contributed by atoms with Crippen LogP contribution in [0.2, 0.25) is 0 Å². The Labute approximate surface area is 103 Å². The van der Waals surface area contributed by atoms with E-state index >= 15 is 0 Å². The standard InChI is InChI=1S/C11H14BrNO3/c1-6-3-4-7(8(5-13)11(14)15)10(16-2)9(6)12/h3-4,8H,5,13H2,1-2H3,(H,14,15). The summed E-state index contributed by atoms with van der Waals surface area (Å²) in [4.78, 5) is 11.0. The molecule has 1 aromatic carbocycles. The van der Waals surface area contributed by atoms with E-state index in [1.54, 1.807) is 6.07 Å². The highest BCUT2D eigenvalue weighted by atomic mass is 79.9. The van der Waals surface area contributed by atoms with Crippen LogP contribution in [-0.2, 0) is 4.79 Å². The van der Waals surface area contributed by atoms with Crippen LogP contribution in [0.4, 0.5) is 0 Å². The summed E-state index contributed by atoms with van der Waals surface area (Å²) in [5, 5.41) is 9.06. The summed E-state index contributed by atoms with van der Waals surface area (Å²) < 4.78 is 5.99. The zero-order chi connectivity index (χ0) is 12.3. The van der Waals surface area contributed by atoms with Gasteiger partial charge in [-0.05, 0) is 28.4 Å². The molecule has 0 radical (unpaired) electrons. The molecule has 1 rings (SSSR count). The van der Waals surface area contributed by atoms with Crippen LogP contribution in [0.25, 0.3) is 0 Å². The maximum atomic E-state index is 11.0. The number of benzene rings is 1. The molecule has 0 bridgehead atoms. The second kappa shape index (κ2) is 5.32. The molecular weight excluding hydrogens is 274 g/mol. The van der Waals surface area contributed by atoms with Gasteiger partial charge in [-0.2, -0.15) is 0 Å². The van der Waals surface area contributed by atoms with E-state index in [-0.39, 0.29) is 6.54 Å². The van der Waals surface area contributed by atoms with Gasteiger partial charge in [0, 0.05) is 12.1 Å². The Morgan fingerprint density at radius 2 is 2.25 bits per heavy atom. The van der Waals surface area contributed by atoms with Crippen LogP contribution < -0.4 is 10.5 Å². The molecule has 1 atom stereocenters. The van der Waals surface area contributed by atoms with E-state index in [0.29, 0.717) is 11.3 Å². The Hall–Kier alpha value is -1.07. The maximum Gasteiger partial charge on any atom is 0.312 e. The van der Waals surface area contributed by atoms with Gasteiger partial charge in [0.05, 0.1) is 17.5 Å². The van der Waals surface area contributed by atoms with Gasteiger partial charge in [0.15, 0.2) is 0 Å². The summed E-state index contributed by atoms with van der Waals surface area (Å²) in [6.45, 7) is 1.95. The molecular formula is C11H14BrNO3. The van der Waals surface area contributed by atoms with Crippen LogP contribution in [-0.4, -0.2) is 24.7 Å². The molecule has 0 aliphatic heterocycles. The van der Waals surface area contributed by atoms with Gasteiger partial charge >= 0.3 is 5.97 Å². The molecule has 0 aliphatic carbocycles. The number of carboxylic acid groups (broad SMARTS) is 1. The summed E-state index contributed by atoms with van der Waals surface area (Å²) >= 11 is 3.38. The Bertz CT molecular complexity index is 406. The number of carbonyl (C=O) groups is 1. The molecule has 5 heteroatoms. The van der Waals surface area contributed by atoms with Crippen LogP contribution in [0.15, 0.2) is 16.6 Å². The maximum absolute atomic E-state index is 11.0. The molecule has 88 valence electrons. The van der Waals surface area contributed by atoms with Gasteiger partial charge in [0.2, 0.25) is 0 Å². The molecule has 1 aromatic rings. The average Bonchev–Trinajstić information content (AvgIpc) is 2.24. The minimum atomic E-state index is -0.948. The minimum Gasteiger partial charge on any atom is -0.495 e. The van der Waals surface area contributed by atoms with E-state index in [1.165, 1.54) is 7.11 Å². The van der Waals surface area contributed by atoms with E-state index in [2.05, 4.69) is 15.9 Å². The quantitative estimate of drug-likeness (QED) is 0.887. The first-order valence-electron chi connectivity index (χ1n) is 4.78. The van der Waals surface area contributed by atoms with Crippen molar-refractivity contribution in [1.82, 2.24) is 0 Å². The van der Waals surface area contributed by atoms with E-state index in [0.717, 1.165) is 10.0 Å². The largest absolute Gasteiger partial charge is 0.495 e. The SMILES string of the molecule is COc1c(C(CN)C(=O)O)ccc(C)c1Br. The molecule has 0 aromatic heterocycles. The molecule has 0 saturated heterocycles. The summed E-state index contributed by atoms with van der Waals surface area (Å²) in [5.41, 5.74) is 7.05. The van der Waals surface area contributed by atoms with Gasteiger partial charge in [0.25, 0.3) is 0 Å². The van der Waals surface area contributed by atoms with E-state index in [4.69, 9.17) is 15.6 Å². The number of aliphatic carboxylic acids is 1. The zero-order valence-corrected chi connectivity index (χ0v) is 10.7. The third kappa shape index (κ3) is 2.36. The molecule has 0 fully saturated rings. The fourth-order valence-corrected chi connectivity index (χ4v) is 2.04. The molecule has 0 aliphatic rings. The monoisotopic (exact) mass is 287 g/mol. The van der Waals surface area contributed by atoms with E-state index in [1.807, 2.05) is 13.0 Å². The highest BCUT2D eigenvalue weighted by molar-refractivity contribution is 9.10. The minimum absolute atomic E-state index is 0.0429. The normalized spacial score (nSPS) is 12.2. The lowest BCUT2D eigenvalue weighted by Gasteiger charge is -2.16. The van der Waals surface area contributed by atoms with Crippen molar-refractivity contribution < 1.29 is 14.6 Å². The summed E-state index contributed by atoms with van der Waals surface area (Å²) in [5.74, 6) is -1.15. The Kier molecular flexibility index (Phi) is 4.32. The first-order valence-corrected chi connectivity index (χ1v) is 5.58. The second-order valence-electron chi connectivity index (χ2n) is 3.45. The van der Waals surface area contributed by atoms with Crippen molar-refractivity contribution in [2.75, 3.05) is 13.7 Å². The van der Waals surface area contributed by atoms with Crippen molar-refractivity contribution in [3.05, 3.63) is 27.7 Å². The van der Waals surface area contributed by atoms with Crippen molar-refractivity contribution in [3.63, 3.8) is 0 Å². The average molecular weight is 288 g/mol. The van der Waals surface area contributed by atoms with Crippen molar-refractivity contribution in [2.45, 2.75) is 12.8 Å². The van der Waals surface area contributed by atoms with Crippen molar-refractivity contribution in [2.24, 2.45) is 5.73 Å². The molecule has 0 heterocycles. The smallest absolute Gasteiger partial charge is 0.312 e. The van der Waals surface area contributed by atoms with Crippen molar-refractivity contribution in [1.29, 1.82) is 0 Å². The predicted molar refractivity (Wildman–Crippen MR) is 64.9 cm³/mol. The number of hydrogen-bond acceptors (Lipinski definition) is 3. The van der Waals surface area contributed by atoms with Crippen LogP contribution in [0, 0.1) is 6.92 Å². The number of halogens is 1. The number of nitrogens with two attached hydrogens (primary N) is 1. The number of methoxy groups -OCH3 is 1. The first-order chi connectivity index (χ1) is 7.52. The highest BCUT2D eigenvalue weighted by Crippen LogP contribution is 2.35. The molecule has 16 heavy (non-hydrogen) atoms. The van der Waals surface area contributed by atoms with Crippen LogP contribution in [0.1, 0.15) is 17.0 Å². The first kappa shape index (κ1) is 13.0. The van der Waals surface area contributed by atoms with Gasteiger partial charge in [-0.1, -0.05) is 12.1 Å².